The summed E-state index contributed by atoms with van der Waals surface area (Å²) in [7, 11) is 4.97. The van der Waals surface area contributed by atoms with Crippen molar-refractivity contribution in [1.82, 2.24) is 4.90 Å². The standard InChI is InChI=1S/C13H19FN2O2/c1-9(17)10-5-6-12(11(14)7-10)16(4)8-13(18)15(2)3/h5-7,9,17H,8H2,1-4H3/t9-/m0/s1. The Morgan fingerprint density at radius 1 is 1.39 bits per heavy atom. The van der Waals surface area contributed by atoms with Crippen LogP contribution < -0.4 is 4.90 Å². The van der Waals surface area contributed by atoms with E-state index in [1.54, 1.807) is 45.1 Å². The summed E-state index contributed by atoms with van der Waals surface area (Å²) >= 11 is 0. The van der Waals surface area contributed by atoms with E-state index in [1.165, 1.54) is 11.0 Å². The van der Waals surface area contributed by atoms with Gasteiger partial charge in [-0.1, -0.05) is 6.07 Å². The van der Waals surface area contributed by atoms with Gasteiger partial charge < -0.3 is 14.9 Å². The molecule has 0 unspecified atom stereocenters. The number of rotatable bonds is 4. The van der Waals surface area contributed by atoms with Crippen molar-refractivity contribution in [2.24, 2.45) is 0 Å². The molecule has 0 aromatic heterocycles. The Bertz CT molecular complexity index is 433. The zero-order valence-electron chi connectivity index (χ0n) is 11.1. The lowest BCUT2D eigenvalue weighted by molar-refractivity contribution is -0.127. The highest BCUT2D eigenvalue weighted by Crippen LogP contribution is 2.22. The maximum Gasteiger partial charge on any atom is 0.241 e. The van der Waals surface area contributed by atoms with Crippen LogP contribution in [0.1, 0.15) is 18.6 Å². The molecule has 1 rings (SSSR count). The fourth-order valence-corrected chi connectivity index (χ4v) is 1.52. The van der Waals surface area contributed by atoms with Crippen molar-refractivity contribution in [3.8, 4) is 0 Å². The predicted octanol–water partition coefficient (Wildman–Crippen LogP) is 1.40. The Morgan fingerprint density at radius 2 is 2.00 bits per heavy atom. The number of likely N-dealkylation sites (N-methyl/N-ethyl adjacent to an activating group) is 2. The number of nitrogens with zero attached hydrogens (tertiary/aromatic N) is 2. The zero-order chi connectivity index (χ0) is 13.9. The van der Waals surface area contributed by atoms with Crippen molar-refractivity contribution in [1.29, 1.82) is 0 Å². The lowest BCUT2D eigenvalue weighted by Gasteiger charge is -2.22. The van der Waals surface area contributed by atoms with Crippen molar-refractivity contribution in [3.63, 3.8) is 0 Å². The van der Waals surface area contributed by atoms with Crippen LogP contribution in [-0.2, 0) is 4.79 Å². The monoisotopic (exact) mass is 254 g/mol. The summed E-state index contributed by atoms with van der Waals surface area (Å²) in [5, 5.41) is 9.35. The molecule has 1 aromatic rings. The largest absolute Gasteiger partial charge is 0.389 e. The Kier molecular flexibility index (Phi) is 4.67. The van der Waals surface area contributed by atoms with E-state index >= 15 is 0 Å². The molecule has 5 heteroatoms. The number of carbonyl (C=O) groups is 1. The van der Waals surface area contributed by atoms with E-state index in [9.17, 15) is 14.3 Å². The summed E-state index contributed by atoms with van der Waals surface area (Å²) in [4.78, 5) is 14.5. The SMILES string of the molecule is C[C@H](O)c1ccc(N(C)CC(=O)N(C)C)c(F)c1. The number of benzene rings is 1. The minimum absolute atomic E-state index is 0.100. The van der Waals surface area contributed by atoms with Crippen LogP contribution in [0.2, 0.25) is 0 Å². The third-order valence-corrected chi connectivity index (χ3v) is 2.74. The van der Waals surface area contributed by atoms with Crippen molar-refractivity contribution in [2.45, 2.75) is 13.0 Å². The van der Waals surface area contributed by atoms with Crippen LogP contribution in [-0.4, -0.2) is 43.6 Å². The summed E-state index contributed by atoms with van der Waals surface area (Å²) < 4.78 is 13.8. The van der Waals surface area contributed by atoms with Gasteiger partial charge in [-0.25, -0.2) is 4.39 Å². The number of hydrogen-bond acceptors (Lipinski definition) is 3. The van der Waals surface area contributed by atoms with Crippen LogP contribution in [0, 0.1) is 5.82 Å². The number of aliphatic hydroxyl groups excluding tert-OH is 1. The van der Waals surface area contributed by atoms with Gasteiger partial charge in [0.2, 0.25) is 5.91 Å². The number of carbonyl (C=O) groups excluding carboxylic acids is 1. The van der Waals surface area contributed by atoms with E-state index in [1.807, 2.05) is 0 Å². The van der Waals surface area contributed by atoms with Crippen LogP contribution >= 0.6 is 0 Å². The molecular weight excluding hydrogens is 235 g/mol. The fraction of sp³-hybridized carbons (Fsp3) is 0.462. The zero-order valence-corrected chi connectivity index (χ0v) is 11.1. The van der Waals surface area contributed by atoms with E-state index < -0.39 is 11.9 Å². The quantitative estimate of drug-likeness (QED) is 0.883. The third-order valence-electron chi connectivity index (χ3n) is 2.74. The second-order valence-corrected chi connectivity index (χ2v) is 4.53. The lowest BCUT2D eigenvalue weighted by atomic mass is 10.1. The van der Waals surface area contributed by atoms with Gasteiger partial charge in [0, 0.05) is 21.1 Å². The van der Waals surface area contributed by atoms with E-state index in [4.69, 9.17) is 0 Å². The first-order chi connectivity index (χ1) is 8.32. The molecule has 100 valence electrons. The molecule has 0 fully saturated rings. The van der Waals surface area contributed by atoms with E-state index in [0.29, 0.717) is 11.3 Å². The van der Waals surface area contributed by atoms with E-state index in [-0.39, 0.29) is 12.5 Å². The Hall–Kier alpha value is -1.62. The number of aliphatic hydroxyl groups is 1. The summed E-state index contributed by atoms with van der Waals surface area (Å²) in [6, 6.07) is 4.51. The number of anilines is 1. The van der Waals surface area contributed by atoms with Gasteiger partial charge in [0.15, 0.2) is 0 Å². The summed E-state index contributed by atoms with van der Waals surface area (Å²) in [6.07, 6.45) is -0.706. The van der Waals surface area contributed by atoms with Gasteiger partial charge in [-0.3, -0.25) is 4.79 Å². The van der Waals surface area contributed by atoms with Gasteiger partial charge in [0.1, 0.15) is 5.82 Å². The first kappa shape index (κ1) is 14.4. The van der Waals surface area contributed by atoms with Gasteiger partial charge in [0.25, 0.3) is 0 Å². The smallest absolute Gasteiger partial charge is 0.241 e. The molecule has 0 spiro atoms. The van der Waals surface area contributed by atoms with E-state index in [0.717, 1.165) is 0 Å². The molecule has 18 heavy (non-hydrogen) atoms. The second-order valence-electron chi connectivity index (χ2n) is 4.53. The van der Waals surface area contributed by atoms with Crippen molar-refractivity contribution in [3.05, 3.63) is 29.6 Å². The highest BCUT2D eigenvalue weighted by Gasteiger charge is 2.14. The summed E-state index contributed by atoms with van der Waals surface area (Å²) in [6.45, 7) is 1.69. The maximum atomic E-state index is 13.8. The van der Waals surface area contributed by atoms with Crippen LogP contribution in [0.4, 0.5) is 10.1 Å². The highest BCUT2D eigenvalue weighted by atomic mass is 19.1. The Balaban J connectivity index is 2.87. The molecule has 0 saturated carbocycles. The molecule has 0 saturated heterocycles. The number of halogens is 1. The van der Waals surface area contributed by atoms with Crippen LogP contribution in [0.25, 0.3) is 0 Å². The van der Waals surface area contributed by atoms with Crippen LogP contribution in [0.15, 0.2) is 18.2 Å². The average molecular weight is 254 g/mol. The fourth-order valence-electron chi connectivity index (χ4n) is 1.52. The van der Waals surface area contributed by atoms with Gasteiger partial charge in [0.05, 0.1) is 18.3 Å². The molecule has 4 nitrogen and oxygen atoms in total. The summed E-state index contributed by atoms with van der Waals surface area (Å²) in [5.41, 5.74) is 0.859. The minimum atomic E-state index is -0.706. The van der Waals surface area contributed by atoms with E-state index in [2.05, 4.69) is 0 Å². The normalized spacial score (nSPS) is 12.1. The molecule has 1 N–H and O–H groups in total. The van der Waals surface area contributed by atoms with Gasteiger partial charge in [-0.2, -0.15) is 0 Å². The average Bonchev–Trinajstić information content (AvgIpc) is 2.28. The molecule has 0 aliphatic rings. The molecule has 0 aliphatic carbocycles. The van der Waals surface area contributed by atoms with Crippen LogP contribution in [0.5, 0.6) is 0 Å². The Labute approximate surface area is 107 Å². The number of amides is 1. The first-order valence-electron chi connectivity index (χ1n) is 5.71. The predicted molar refractivity (Wildman–Crippen MR) is 69.0 cm³/mol. The Morgan fingerprint density at radius 3 is 2.44 bits per heavy atom. The maximum absolute atomic E-state index is 13.8. The second kappa shape index (κ2) is 5.82. The topological polar surface area (TPSA) is 43.8 Å². The van der Waals surface area contributed by atoms with Crippen molar-refractivity contribution < 1.29 is 14.3 Å². The number of hydrogen-bond donors (Lipinski definition) is 1. The first-order valence-corrected chi connectivity index (χ1v) is 5.71. The van der Waals surface area contributed by atoms with Crippen molar-refractivity contribution >= 4 is 11.6 Å². The van der Waals surface area contributed by atoms with Gasteiger partial charge >= 0.3 is 0 Å². The van der Waals surface area contributed by atoms with Gasteiger partial charge in [-0.05, 0) is 24.6 Å². The lowest BCUT2D eigenvalue weighted by Crippen LogP contribution is -2.34. The van der Waals surface area contributed by atoms with Crippen molar-refractivity contribution in [2.75, 3.05) is 32.6 Å². The van der Waals surface area contributed by atoms with Crippen LogP contribution in [0.3, 0.4) is 0 Å². The molecule has 0 heterocycles. The summed E-state index contributed by atoms with van der Waals surface area (Å²) in [5.74, 6) is -0.543. The molecule has 1 aromatic carbocycles. The molecule has 1 amide bonds. The van der Waals surface area contributed by atoms with Gasteiger partial charge in [-0.15, -0.1) is 0 Å². The molecule has 0 radical (unpaired) electrons. The third kappa shape index (κ3) is 3.43. The molecule has 0 bridgehead atoms. The molecule has 0 aliphatic heterocycles. The highest BCUT2D eigenvalue weighted by molar-refractivity contribution is 5.80. The molecular formula is C13H19FN2O2. The minimum Gasteiger partial charge on any atom is -0.389 e. The molecule has 1 atom stereocenters.